The molecule has 0 aliphatic rings. The molecule has 0 saturated heterocycles. The lowest BCUT2D eigenvalue weighted by Gasteiger charge is -2.14. The molecule has 7 heteroatoms. The third-order valence-electron chi connectivity index (χ3n) is 4.28. The van der Waals surface area contributed by atoms with Crippen molar-refractivity contribution in [3.63, 3.8) is 0 Å². The summed E-state index contributed by atoms with van der Waals surface area (Å²) in [5, 5.41) is 15.3. The molecular formula is C23H21FN2O4. The highest BCUT2D eigenvalue weighted by Gasteiger charge is 2.15. The molecule has 3 N–H and O–H groups in total. The number of benzene rings is 3. The Kier molecular flexibility index (Phi) is 7.13. The van der Waals surface area contributed by atoms with Crippen molar-refractivity contribution in [2.24, 2.45) is 0 Å². The average molecular weight is 408 g/mol. The molecule has 0 aliphatic carbocycles. The van der Waals surface area contributed by atoms with Crippen molar-refractivity contribution in [3.8, 4) is 5.75 Å². The summed E-state index contributed by atoms with van der Waals surface area (Å²) in [5.74, 6) is -1.36. The van der Waals surface area contributed by atoms with E-state index in [1.54, 1.807) is 54.6 Å². The molecule has 0 fully saturated rings. The van der Waals surface area contributed by atoms with Gasteiger partial charge in [-0.25, -0.2) is 4.39 Å². The van der Waals surface area contributed by atoms with Gasteiger partial charge in [-0.15, -0.1) is 0 Å². The molecule has 0 saturated carbocycles. The number of aliphatic hydroxyl groups excluding tert-OH is 1. The van der Waals surface area contributed by atoms with Crippen LogP contribution in [0.25, 0.3) is 0 Å². The Hall–Kier alpha value is -3.71. The topological polar surface area (TPSA) is 87.7 Å². The molecule has 0 aliphatic heterocycles. The van der Waals surface area contributed by atoms with Crippen molar-refractivity contribution in [1.29, 1.82) is 0 Å². The van der Waals surface area contributed by atoms with Crippen LogP contribution in [0.1, 0.15) is 22.0 Å². The number of carbonyl (C=O) groups excluding carboxylic acids is 2. The summed E-state index contributed by atoms with van der Waals surface area (Å²) in [6, 6.07) is 21.2. The number of hydrogen-bond donors (Lipinski definition) is 3. The van der Waals surface area contributed by atoms with Gasteiger partial charge in [-0.1, -0.05) is 54.6 Å². The number of aliphatic hydroxyl groups is 1. The van der Waals surface area contributed by atoms with Gasteiger partial charge < -0.3 is 20.5 Å². The van der Waals surface area contributed by atoms with Crippen LogP contribution in [0.2, 0.25) is 0 Å². The highest BCUT2D eigenvalue weighted by Crippen LogP contribution is 2.19. The van der Waals surface area contributed by atoms with Crippen LogP contribution in [-0.4, -0.2) is 30.1 Å². The second kappa shape index (κ2) is 10.2. The molecule has 0 spiro atoms. The van der Waals surface area contributed by atoms with Crippen molar-refractivity contribution in [3.05, 3.63) is 95.8 Å². The molecule has 3 aromatic rings. The van der Waals surface area contributed by atoms with Crippen molar-refractivity contribution < 1.29 is 23.8 Å². The number of nitrogens with one attached hydrogen (secondary N) is 2. The minimum atomic E-state index is -0.852. The smallest absolute Gasteiger partial charge is 0.262 e. The number of carbonyl (C=O) groups is 2. The van der Waals surface area contributed by atoms with Gasteiger partial charge in [0.15, 0.2) is 6.61 Å². The van der Waals surface area contributed by atoms with Gasteiger partial charge >= 0.3 is 0 Å². The molecule has 0 aromatic heterocycles. The van der Waals surface area contributed by atoms with Gasteiger partial charge in [0.25, 0.3) is 11.8 Å². The molecule has 0 heterocycles. The Bertz CT molecular complexity index is 1010. The van der Waals surface area contributed by atoms with Crippen molar-refractivity contribution in [2.75, 3.05) is 18.5 Å². The monoisotopic (exact) mass is 408 g/mol. The minimum absolute atomic E-state index is 0.0188. The standard InChI is InChI=1S/C23H21FN2O4/c24-18-11-5-6-12-19(18)26-22(28)15-30-21-13-7-4-10-17(21)23(29)25-14-20(27)16-8-2-1-3-9-16/h1-13,20,27H,14-15H2,(H,25,29)(H,26,28). The summed E-state index contributed by atoms with van der Waals surface area (Å²) in [4.78, 5) is 24.6. The van der Waals surface area contributed by atoms with Crippen LogP contribution in [0.3, 0.4) is 0 Å². The molecule has 3 aromatic carbocycles. The van der Waals surface area contributed by atoms with Crippen LogP contribution in [-0.2, 0) is 4.79 Å². The van der Waals surface area contributed by atoms with E-state index in [1.165, 1.54) is 18.2 Å². The van der Waals surface area contributed by atoms with Gasteiger partial charge in [0.2, 0.25) is 0 Å². The Balaban J connectivity index is 1.57. The number of rotatable bonds is 8. The Morgan fingerprint density at radius 2 is 1.60 bits per heavy atom. The van der Waals surface area contributed by atoms with E-state index in [0.717, 1.165) is 0 Å². The maximum absolute atomic E-state index is 13.6. The van der Waals surface area contributed by atoms with Crippen LogP contribution >= 0.6 is 0 Å². The summed E-state index contributed by atoms with van der Waals surface area (Å²) in [7, 11) is 0. The van der Waals surface area contributed by atoms with Gasteiger partial charge in [-0.3, -0.25) is 9.59 Å². The SMILES string of the molecule is O=C(COc1ccccc1C(=O)NCC(O)c1ccccc1)Nc1ccccc1F. The Morgan fingerprint density at radius 3 is 2.37 bits per heavy atom. The Morgan fingerprint density at radius 1 is 0.933 bits per heavy atom. The van der Waals surface area contributed by atoms with E-state index >= 15 is 0 Å². The first-order valence-corrected chi connectivity index (χ1v) is 9.32. The van der Waals surface area contributed by atoms with E-state index in [1.807, 2.05) is 6.07 Å². The van der Waals surface area contributed by atoms with Crippen LogP contribution in [0, 0.1) is 5.82 Å². The predicted octanol–water partition coefficient (Wildman–Crippen LogP) is 3.31. The highest BCUT2D eigenvalue weighted by molar-refractivity contribution is 5.97. The zero-order chi connectivity index (χ0) is 21.3. The lowest BCUT2D eigenvalue weighted by Crippen LogP contribution is -2.29. The number of ether oxygens (including phenoxy) is 1. The maximum atomic E-state index is 13.6. The molecular weight excluding hydrogens is 387 g/mol. The molecule has 2 amide bonds. The largest absolute Gasteiger partial charge is 0.483 e. The van der Waals surface area contributed by atoms with Crippen molar-refractivity contribution in [1.82, 2.24) is 5.32 Å². The predicted molar refractivity (Wildman–Crippen MR) is 111 cm³/mol. The van der Waals surface area contributed by atoms with Gasteiger partial charge in [0.05, 0.1) is 17.4 Å². The fourth-order valence-corrected chi connectivity index (χ4v) is 2.75. The number of hydrogen-bond acceptors (Lipinski definition) is 4. The molecule has 1 atom stereocenters. The highest BCUT2D eigenvalue weighted by atomic mass is 19.1. The quantitative estimate of drug-likeness (QED) is 0.534. The third-order valence-corrected chi connectivity index (χ3v) is 4.28. The molecule has 3 rings (SSSR count). The average Bonchev–Trinajstić information content (AvgIpc) is 2.78. The van der Waals surface area contributed by atoms with Crippen LogP contribution < -0.4 is 15.4 Å². The molecule has 1 unspecified atom stereocenters. The number of anilines is 1. The van der Waals surface area contributed by atoms with Crippen LogP contribution in [0.15, 0.2) is 78.9 Å². The van der Waals surface area contributed by atoms with E-state index in [4.69, 9.17) is 4.74 Å². The number of para-hydroxylation sites is 2. The first-order chi connectivity index (χ1) is 14.5. The summed E-state index contributed by atoms with van der Waals surface area (Å²) in [5.41, 5.74) is 0.954. The second-order valence-electron chi connectivity index (χ2n) is 6.45. The van der Waals surface area contributed by atoms with Crippen molar-refractivity contribution >= 4 is 17.5 Å². The first kappa shape index (κ1) is 21.0. The van der Waals surface area contributed by atoms with Crippen LogP contribution in [0.5, 0.6) is 5.75 Å². The second-order valence-corrected chi connectivity index (χ2v) is 6.45. The summed E-state index contributed by atoms with van der Waals surface area (Å²) in [6.07, 6.45) is -0.852. The van der Waals surface area contributed by atoms with Gasteiger partial charge in [-0.05, 0) is 29.8 Å². The van der Waals surface area contributed by atoms with E-state index in [-0.39, 0.29) is 23.5 Å². The molecule has 0 radical (unpaired) electrons. The molecule has 154 valence electrons. The van der Waals surface area contributed by atoms with Gasteiger partial charge in [0.1, 0.15) is 11.6 Å². The van der Waals surface area contributed by atoms with E-state index in [0.29, 0.717) is 5.56 Å². The lowest BCUT2D eigenvalue weighted by atomic mass is 10.1. The third kappa shape index (κ3) is 5.65. The zero-order valence-electron chi connectivity index (χ0n) is 16.0. The van der Waals surface area contributed by atoms with Crippen LogP contribution in [0.4, 0.5) is 10.1 Å². The molecule has 30 heavy (non-hydrogen) atoms. The summed E-state index contributed by atoms with van der Waals surface area (Å²) in [6.45, 7) is -0.379. The number of amides is 2. The number of halogens is 1. The van der Waals surface area contributed by atoms with Gasteiger partial charge in [-0.2, -0.15) is 0 Å². The fourth-order valence-electron chi connectivity index (χ4n) is 2.75. The van der Waals surface area contributed by atoms with Crippen molar-refractivity contribution in [2.45, 2.75) is 6.10 Å². The normalized spacial score (nSPS) is 11.4. The fraction of sp³-hybridized carbons (Fsp3) is 0.130. The summed E-state index contributed by atoms with van der Waals surface area (Å²) < 4.78 is 19.1. The van der Waals surface area contributed by atoms with E-state index in [2.05, 4.69) is 10.6 Å². The molecule has 6 nitrogen and oxygen atoms in total. The molecule has 0 bridgehead atoms. The zero-order valence-corrected chi connectivity index (χ0v) is 16.0. The van der Waals surface area contributed by atoms with E-state index < -0.39 is 30.3 Å². The first-order valence-electron chi connectivity index (χ1n) is 9.32. The summed E-state index contributed by atoms with van der Waals surface area (Å²) >= 11 is 0. The minimum Gasteiger partial charge on any atom is -0.483 e. The van der Waals surface area contributed by atoms with Gasteiger partial charge in [0, 0.05) is 6.54 Å². The lowest BCUT2D eigenvalue weighted by molar-refractivity contribution is -0.118. The Labute approximate surface area is 173 Å². The maximum Gasteiger partial charge on any atom is 0.262 e. The van der Waals surface area contributed by atoms with E-state index in [9.17, 15) is 19.1 Å².